The Balaban J connectivity index is 1.88. The normalized spacial score (nSPS) is 23.9. The Hall–Kier alpha value is -1.10. The molecule has 0 bridgehead atoms. The minimum atomic E-state index is -4.10. The summed E-state index contributed by atoms with van der Waals surface area (Å²) in [7, 11) is 0. The summed E-state index contributed by atoms with van der Waals surface area (Å²) in [5, 5.41) is 3.12. The van der Waals surface area contributed by atoms with Crippen LogP contribution in [-0.4, -0.2) is 12.2 Å². The quantitative estimate of drug-likeness (QED) is 0.816. The molecule has 1 aromatic carbocycles. The van der Waals surface area contributed by atoms with Crippen LogP contribution in [0, 0.1) is 18.7 Å². The number of benzene rings is 1. The van der Waals surface area contributed by atoms with Gasteiger partial charge in [-0.15, -0.1) is 0 Å². The number of nitrogens with one attached hydrogen (secondary N) is 1. The molecule has 1 N–H and O–H groups in total. The molecule has 1 nitrogen and oxygen atoms in total. The second kappa shape index (κ2) is 6.12. The first-order valence-corrected chi connectivity index (χ1v) is 6.91. The summed E-state index contributed by atoms with van der Waals surface area (Å²) >= 11 is 0. The smallest absolute Gasteiger partial charge is 0.310 e. The van der Waals surface area contributed by atoms with Crippen molar-refractivity contribution in [3.05, 3.63) is 35.1 Å². The van der Waals surface area contributed by atoms with Crippen molar-refractivity contribution in [2.75, 3.05) is 0 Å². The van der Waals surface area contributed by atoms with Crippen molar-refractivity contribution in [2.45, 2.75) is 51.4 Å². The Morgan fingerprint density at radius 2 is 2.00 bits per heavy atom. The number of aryl methyl sites for hydroxylation is 1. The van der Waals surface area contributed by atoms with Crippen molar-refractivity contribution in [3.63, 3.8) is 0 Å². The summed E-state index contributed by atoms with van der Waals surface area (Å²) in [5.74, 6) is -1.48. The minimum Gasteiger partial charge on any atom is -0.310 e. The van der Waals surface area contributed by atoms with Gasteiger partial charge in [-0.25, -0.2) is 4.39 Å². The van der Waals surface area contributed by atoms with Crippen molar-refractivity contribution >= 4 is 0 Å². The lowest BCUT2D eigenvalue weighted by atomic mass is 9.85. The first kappa shape index (κ1) is 15.3. The lowest BCUT2D eigenvalue weighted by molar-refractivity contribution is -0.183. The predicted octanol–water partition coefficient (Wildman–Crippen LogP) is 4.34. The fourth-order valence-corrected chi connectivity index (χ4v) is 2.68. The van der Waals surface area contributed by atoms with Crippen LogP contribution in [0.5, 0.6) is 0 Å². The van der Waals surface area contributed by atoms with Gasteiger partial charge in [-0.05, 0) is 43.4 Å². The molecule has 0 radical (unpaired) electrons. The number of halogens is 4. The number of rotatable bonds is 3. The molecule has 1 aliphatic carbocycles. The Labute approximate surface area is 116 Å². The molecule has 0 aromatic heterocycles. The molecule has 0 spiro atoms. The summed E-state index contributed by atoms with van der Waals surface area (Å²) < 4.78 is 51.5. The average molecular weight is 289 g/mol. The first-order valence-electron chi connectivity index (χ1n) is 6.91. The molecule has 1 aromatic rings. The lowest BCUT2D eigenvalue weighted by Gasteiger charge is -2.31. The highest BCUT2D eigenvalue weighted by Gasteiger charge is 2.41. The topological polar surface area (TPSA) is 12.0 Å². The molecule has 1 fully saturated rings. The Kier molecular flexibility index (Phi) is 4.68. The van der Waals surface area contributed by atoms with Gasteiger partial charge < -0.3 is 5.32 Å². The van der Waals surface area contributed by atoms with E-state index in [0.717, 1.165) is 12.0 Å². The van der Waals surface area contributed by atoms with Crippen LogP contribution in [0.3, 0.4) is 0 Å². The van der Waals surface area contributed by atoms with Gasteiger partial charge in [-0.1, -0.05) is 18.6 Å². The van der Waals surface area contributed by atoms with E-state index in [2.05, 4.69) is 5.32 Å². The summed E-state index contributed by atoms with van der Waals surface area (Å²) in [6.45, 7) is 2.09. The maximum Gasteiger partial charge on any atom is 0.391 e. The molecule has 1 aliphatic rings. The van der Waals surface area contributed by atoms with Gasteiger partial charge in [-0.3, -0.25) is 0 Å². The van der Waals surface area contributed by atoms with Crippen molar-refractivity contribution < 1.29 is 17.6 Å². The van der Waals surface area contributed by atoms with Crippen molar-refractivity contribution in [1.29, 1.82) is 0 Å². The van der Waals surface area contributed by atoms with Crippen LogP contribution in [0.2, 0.25) is 0 Å². The molecule has 1 saturated carbocycles. The zero-order valence-corrected chi connectivity index (χ0v) is 11.4. The molecule has 2 atom stereocenters. The second-order valence-electron chi connectivity index (χ2n) is 5.57. The van der Waals surface area contributed by atoms with E-state index in [1.54, 1.807) is 19.1 Å². The molecule has 0 aliphatic heterocycles. The van der Waals surface area contributed by atoms with Crippen LogP contribution in [-0.2, 0) is 6.54 Å². The monoisotopic (exact) mass is 289 g/mol. The highest BCUT2D eigenvalue weighted by Crippen LogP contribution is 2.37. The van der Waals surface area contributed by atoms with E-state index in [9.17, 15) is 17.6 Å². The van der Waals surface area contributed by atoms with Gasteiger partial charge in [0.2, 0.25) is 0 Å². The SMILES string of the molecule is Cc1ccc(CNC2CCCC(C(F)(F)F)C2)cc1F. The molecule has 0 saturated heterocycles. The highest BCUT2D eigenvalue weighted by atomic mass is 19.4. The van der Waals surface area contributed by atoms with Gasteiger partial charge in [0.1, 0.15) is 5.82 Å². The van der Waals surface area contributed by atoms with Gasteiger partial charge in [-0.2, -0.15) is 13.2 Å². The van der Waals surface area contributed by atoms with E-state index in [1.807, 2.05) is 0 Å². The van der Waals surface area contributed by atoms with E-state index in [4.69, 9.17) is 0 Å². The standard InChI is InChI=1S/C15H19F4N/c1-10-5-6-11(7-14(10)16)9-20-13-4-2-3-12(8-13)15(17,18)19/h5-7,12-13,20H,2-4,8-9H2,1H3. The Bertz CT molecular complexity index is 456. The van der Waals surface area contributed by atoms with Crippen molar-refractivity contribution in [1.82, 2.24) is 5.32 Å². The zero-order valence-electron chi connectivity index (χ0n) is 11.4. The van der Waals surface area contributed by atoms with Crippen LogP contribution in [0.4, 0.5) is 17.6 Å². The molecule has 2 rings (SSSR count). The predicted molar refractivity (Wildman–Crippen MR) is 69.8 cm³/mol. The van der Waals surface area contributed by atoms with Gasteiger partial charge in [0, 0.05) is 12.6 Å². The van der Waals surface area contributed by atoms with E-state index >= 15 is 0 Å². The van der Waals surface area contributed by atoms with Gasteiger partial charge in [0.05, 0.1) is 5.92 Å². The third-order valence-corrected chi connectivity index (χ3v) is 3.97. The summed E-state index contributed by atoms with van der Waals surface area (Å²) in [5.41, 5.74) is 1.34. The highest BCUT2D eigenvalue weighted by molar-refractivity contribution is 5.23. The summed E-state index contributed by atoms with van der Waals surface area (Å²) in [4.78, 5) is 0. The van der Waals surface area contributed by atoms with E-state index in [-0.39, 0.29) is 24.7 Å². The number of hydrogen-bond acceptors (Lipinski definition) is 1. The molecule has 20 heavy (non-hydrogen) atoms. The maximum absolute atomic E-state index is 13.4. The van der Waals surface area contributed by atoms with Crippen molar-refractivity contribution in [3.8, 4) is 0 Å². The number of alkyl halides is 3. The minimum absolute atomic E-state index is 0.123. The van der Waals surface area contributed by atoms with E-state index in [0.29, 0.717) is 18.5 Å². The van der Waals surface area contributed by atoms with Gasteiger partial charge in [0.15, 0.2) is 0 Å². The third kappa shape index (κ3) is 3.95. The molecule has 0 heterocycles. The molecule has 2 unspecified atom stereocenters. The van der Waals surface area contributed by atoms with Crippen LogP contribution in [0.25, 0.3) is 0 Å². The number of hydrogen-bond donors (Lipinski definition) is 1. The largest absolute Gasteiger partial charge is 0.391 e. The second-order valence-corrected chi connectivity index (χ2v) is 5.57. The van der Waals surface area contributed by atoms with Crippen molar-refractivity contribution in [2.24, 2.45) is 5.92 Å². The molecular weight excluding hydrogens is 270 g/mol. The Morgan fingerprint density at radius 1 is 1.25 bits per heavy atom. The molecule has 112 valence electrons. The van der Waals surface area contributed by atoms with E-state index in [1.165, 1.54) is 6.07 Å². The maximum atomic E-state index is 13.4. The summed E-state index contributed by atoms with van der Waals surface area (Å²) in [6.07, 6.45) is -2.42. The first-order chi connectivity index (χ1) is 9.36. The van der Waals surface area contributed by atoms with Crippen LogP contribution in [0.1, 0.15) is 36.8 Å². The third-order valence-electron chi connectivity index (χ3n) is 3.97. The molecule has 0 amide bonds. The van der Waals surface area contributed by atoms with Crippen LogP contribution in [0.15, 0.2) is 18.2 Å². The lowest BCUT2D eigenvalue weighted by Crippen LogP contribution is -2.38. The summed E-state index contributed by atoms with van der Waals surface area (Å²) in [6, 6.07) is 4.79. The fourth-order valence-electron chi connectivity index (χ4n) is 2.68. The molecule has 5 heteroatoms. The van der Waals surface area contributed by atoms with Crippen LogP contribution >= 0.6 is 0 Å². The fraction of sp³-hybridized carbons (Fsp3) is 0.600. The Morgan fingerprint density at radius 3 is 2.65 bits per heavy atom. The van der Waals surface area contributed by atoms with Gasteiger partial charge >= 0.3 is 6.18 Å². The zero-order chi connectivity index (χ0) is 14.8. The van der Waals surface area contributed by atoms with E-state index < -0.39 is 12.1 Å². The average Bonchev–Trinajstić information content (AvgIpc) is 2.39. The van der Waals surface area contributed by atoms with Gasteiger partial charge in [0.25, 0.3) is 0 Å². The molecular formula is C15H19F4N. The van der Waals surface area contributed by atoms with Crippen LogP contribution < -0.4 is 5.32 Å².